The minimum atomic E-state index is -0.187. The van der Waals surface area contributed by atoms with Crippen LogP contribution in [0.5, 0.6) is 5.88 Å². The lowest BCUT2D eigenvalue weighted by atomic mass is 9.73. The topological polar surface area (TPSA) is 64.8 Å². The molecule has 0 bridgehead atoms. The zero-order valence-electron chi connectivity index (χ0n) is 14.1. The summed E-state index contributed by atoms with van der Waals surface area (Å²) in [5.74, 6) is 0.620. The largest absolute Gasteiger partial charge is 0.477 e. The Morgan fingerprint density at radius 3 is 3.16 bits per heavy atom. The van der Waals surface area contributed by atoms with Gasteiger partial charge in [0, 0.05) is 37.4 Å². The monoisotopic (exact) mass is 342 g/mol. The Morgan fingerprint density at radius 1 is 1.40 bits per heavy atom. The second-order valence-corrected chi connectivity index (χ2v) is 6.81. The van der Waals surface area contributed by atoms with Gasteiger partial charge in [-0.15, -0.1) is 0 Å². The number of likely N-dealkylation sites (tertiary alicyclic amines) is 1. The van der Waals surface area contributed by atoms with E-state index in [1.54, 1.807) is 12.3 Å². The highest BCUT2D eigenvalue weighted by atomic mass is 16.5. The first-order valence-corrected chi connectivity index (χ1v) is 8.74. The number of rotatable bonds is 4. The number of amides is 1. The van der Waals surface area contributed by atoms with E-state index in [2.05, 4.69) is 4.98 Å². The molecule has 4 rings (SSSR count). The summed E-state index contributed by atoms with van der Waals surface area (Å²) < 4.78 is 17.1. The molecule has 0 saturated carbocycles. The third-order valence-electron chi connectivity index (χ3n) is 5.19. The number of fused-ring (bicyclic) bond motifs is 1. The smallest absolute Gasteiger partial charge is 0.257 e. The Bertz CT molecular complexity index is 703. The Hall–Kier alpha value is -2.34. The van der Waals surface area contributed by atoms with Crippen LogP contribution in [0.2, 0.25) is 0 Å². The molecular weight excluding hydrogens is 320 g/mol. The summed E-state index contributed by atoms with van der Waals surface area (Å²) in [6.07, 6.45) is 7.67. The molecule has 2 saturated heterocycles. The van der Waals surface area contributed by atoms with Crippen LogP contribution in [0, 0.1) is 5.41 Å². The number of aromatic nitrogens is 1. The number of pyridine rings is 1. The van der Waals surface area contributed by atoms with Crippen molar-refractivity contribution in [2.24, 2.45) is 5.41 Å². The zero-order chi connectivity index (χ0) is 17.1. The Labute approximate surface area is 146 Å². The third kappa shape index (κ3) is 3.26. The molecule has 2 atom stereocenters. The first-order chi connectivity index (χ1) is 12.3. The number of piperidine rings is 1. The lowest BCUT2D eigenvalue weighted by Gasteiger charge is -2.50. The first-order valence-electron chi connectivity index (χ1n) is 8.74. The maximum Gasteiger partial charge on any atom is 0.257 e. The molecule has 0 N–H and O–H groups in total. The second kappa shape index (κ2) is 6.88. The molecule has 2 aromatic rings. The molecule has 6 heteroatoms. The van der Waals surface area contributed by atoms with Gasteiger partial charge in [0.1, 0.15) is 6.26 Å². The van der Waals surface area contributed by atoms with Crippen LogP contribution in [0.1, 0.15) is 29.6 Å². The molecule has 132 valence electrons. The number of carbonyl (C=O) groups excluding carboxylic acids is 1. The Kier molecular flexibility index (Phi) is 4.44. The van der Waals surface area contributed by atoms with Crippen molar-refractivity contribution in [3.63, 3.8) is 0 Å². The second-order valence-electron chi connectivity index (χ2n) is 6.81. The number of ether oxygens (including phenoxy) is 2. The van der Waals surface area contributed by atoms with Gasteiger partial charge >= 0.3 is 0 Å². The fourth-order valence-corrected chi connectivity index (χ4v) is 3.89. The van der Waals surface area contributed by atoms with E-state index in [1.807, 2.05) is 23.1 Å². The fraction of sp³-hybridized carbons (Fsp3) is 0.474. The van der Waals surface area contributed by atoms with Crippen molar-refractivity contribution >= 4 is 5.91 Å². The van der Waals surface area contributed by atoms with Crippen molar-refractivity contribution in [3.8, 4) is 5.88 Å². The summed E-state index contributed by atoms with van der Waals surface area (Å²) in [7, 11) is 0. The van der Waals surface area contributed by atoms with E-state index in [4.69, 9.17) is 13.9 Å². The number of hydrogen-bond acceptors (Lipinski definition) is 5. The summed E-state index contributed by atoms with van der Waals surface area (Å²) >= 11 is 0. The summed E-state index contributed by atoms with van der Waals surface area (Å²) in [6, 6.07) is 7.34. The Balaban J connectivity index is 1.51. The van der Waals surface area contributed by atoms with Gasteiger partial charge < -0.3 is 18.8 Å². The predicted molar refractivity (Wildman–Crippen MR) is 90.4 cm³/mol. The molecule has 2 aliphatic heterocycles. The van der Waals surface area contributed by atoms with Crippen molar-refractivity contribution in [2.45, 2.75) is 25.4 Å². The van der Waals surface area contributed by atoms with Gasteiger partial charge in [0.25, 0.3) is 5.91 Å². The van der Waals surface area contributed by atoms with E-state index in [0.29, 0.717) is 31.1 Å². The molecule has 6 nitrogen and oxygen atoms in total. The van der Waals surface area contributed by atoms with Crippen LogP contribution in [-0.4, -0.2) is 48.2 Å². The lowest BCUT2D eigenvalue weighted by molar-refractivity contribution is -0.133. The van der Waals surface area contributed by atoms with Crippen LogP contribution in [-0.2, 0) is 4.74 Å². The standard InChI is InChI=1S/C19H22N2O4/c22-18(15-6-11-23-12-15)21-9-5-16-19(13-21,7-3-10-24-16)14-25-17-4-1-2-8-20-17/h1-2,4,6,8,11-12,16H,3,5,7,9-10,13-14H2/t16-,19+/m0/s1. The summed E-state index contributed by atoms with van der Waals surface area (Å²) in [5.41, 5.74) is 0.406. The van der Waals surface area contributed by atoms with E-state index in [9.17, 15) is 4.79 Å². The molecule has 2 fully saturated rings. The van der Waals surface area contributed by atoms with E-state index < -0.39 is 0 Å². The van der Waals surface area contributed by atoms with Crippen LogP contribution < -0.4 is 4.74 Å². The van der Waals surface area contributed by atoms with E-state index in [0.717, 1.165) is 25.9 Å². The normalized spacial score (nSPS) is 26.1. The van der Waals surface area contributed by atoms with Crippen molar-refractivity contribution in [1.29, 1.82) is 0 Å². The van der Waals surface area contributed by atoms with Gasteiger partial charge in [-0.1, -0.05) is 6.07 Å². The van der Waals surface area contributed by atoms with Gasteiger partial charge in [-0.25, -0.2) is 4.98 Å². The van der Waals surface area contributed by atoms with Crippen LogP contribution in [0.4, 0.5) is 0 Å². The number of carbonyl (C=O) groups is 1. The van der Waals surface area contributed by atoms with Gasteiger partial charge in [-0.3, -0.25) is 4.79 Å². The fourth-order valence-electron chi connectivity index (χ4n) is 3.89. The molecule has 2 aromatic heterocycles. The minimum absolute atomic E-state index is 0.00924. The van der Waals surface area contributed by atoms with E-state index in [-0.39, 0.29) is 17.4 Å². The molecule has 25 heavy (non-hydrogen) atoms. The van der Waals surface area contributed by atoms with Crippen molar-refractivity contribution in [3.05, 3.63) is 48.6 Å². The highest BCUT2D eigenvalue weighted by Gasteiger charge is 2.48. The molecular formula is C19H22N2O4. The van der Waals surface area contributed by atoms with Gasteiger partial charge in [-0.05, 0) is 31.4 Å². The van der Waals surface area contributed by atoms with Crippen LogP contribution in [0.3, 0.4) is 0 Å². The molecule has 4 heterocycles. The lowest BCUT2D eigenvalue weighted by Crippen LogP contribution is -2.58. The average molecular weight is 342 g/mol. The molecule has 0 radical (unpaired) electrons. The van der Waals surface area contributed by atoms with Gasteiger partial charge in [0.05, 0.1) is 24.5 Å². The van der Waals surface area contributed by atoms with E-state index in [1.165, 1.54) is 12.5 Å². The van der Waals surface area contributed by atoms with Crippen LogP contribution in [0.25, 0.3) is 0 Å². The van der Waals surface area contributed by atoms with Gasteiger partial charge in [0.2, 0.25) is 5.88 Å². The minimum Gasteiger partial charge on any atom is -0.477 e. The number of hydrogen-bond donors (Lipinski definition) is 0. The summed E-state index contributed by atoms with van der Waals surface area (Å²) in [6.45, 7) is 2.62. The first kappa shape index (κ1) is 16.1. The van der Waals surface area contributed by atoms with Gasteiger partial charge in [0.15, 0.2) is 0 Å². The average Bonchev–Trinajstić information content (AvgIpc) is 3.21. The van der Waals surface area contributed by atoms with Gasteiger partial charge in [-0.2, -0.15) is 0 Å². The maximum atomic E-state index is 12.7. The number of nitrogens with zero attached hydrogens (tertiary/aromatic N) is 2. The van der Waals surface area contributed by atoms with Crippen LogP contribution >= 0.6 is 0 Å². The van der Waals surface area contributed by atoms with Crippen molar-refractivity contribution in [2.75, 3.05) is 26.3 Å². The van der Waals surface area contributed by atoms with Crippen molar-refractivity contribution in [1.82, 2.24) is 9.88 Å². The molecule has 1 amide bonds. The van der Waals surface area contributed by atoms with Crippen molar-refractivity contribution < 1.29 is 18.7 Å². The molecule has 2 aliphatic rings. The highest BCUT2D eigenvalue weighted by molar-refractivity contribution is 5.93. The predicted octanol–water partition coefficient (Wildman–Crippen LogP) is 2.76. The SMILES string of the molecule is O=C(c1ccoc1)N1CC[C@@H]2OCCC[C@]2(COc2ccccn2)C1. The molecule has 0 aliphatic carbocycles. The zero-order valence-corrected chi connectivity index (χ0v) is 14.1. The molecule has 0 unspecified atom stereocenters. The van der Waals surface area contributed by atoms with Crippen LogP contribution in [0.15, 0.2) is 47.4 Å². The molecule has 0 spiro atoms. The quantitative estimate of drug-likeness (QED) is 0.855. The van der Waals surface area contributed by atoms with E-state index >= 15 is 0 Å². The molecule has 0 aromatic carbocycles. The third-order valence-corrected chi connectivity index (χ3v) is 5.19. The Morgan fingerprint density at radius 2 is 2.36 bits per heavy atom. The highest BCUT2D eigenvalue weighted by Crippen LogP contribution is 2.40. The summed E-state index contributed by atoms with van der Waals surface area (Å²) in [4.78, 5) is 18.9. The maximum absolute atomic E-state index is 12.7. The number of furan rings is 1. The summed E-state index contributed by atoms with van der Waals surface area (Å²) in [5, 5.41) is 0.